The normalized spacial score (nSPS) is 14.0. The van der Waals surface area contributed by atoms with Crippen LogP contribution in [0.2, 0.25) is 0 Å². The topological polar surface area (TPSA) is 120 Å². The largest absolute Gasteiger partial charge is 0.466 e. The van der Waals surface area contributed by atoms with E-state index < -0.39 is 4.92 Å². The van der Waals surface area contributed by atoms with Crippen LogP contribution in [0.3, 0.4) is 0 Å². The molecule has 0 N–H and O–H groups in total. The van der Waals surface area contributed by atoms with Crippen LogP contribution in [0.1, 0.15) is 25.3 Å². The maximum absolute atomic E-state index is 11.8. The quantitative estimate of drug-likeness (QED) is 0.345. The number of benzene rings is 1. The Bertz CT molecular complexity index is 795. The molecule has 0 bridgehead atoms. The molecule has 0 aromatic heterocycles. The van der Waals surface area contributed by atoms with Crippen LogP contribution in [0.25, 0.3) is 6.08 Å². The van der Waals surface area contributed by atoms with Crippen LogP contribution in [0.4, 0.5) is 11.4 Å². The molecule has 0 amide bonds. The molecular weight excluding hydrogens is 336 g/mol. The number of nitro groups is 1. The number of carbonyl (C=O) groups is 1. The first-order valence-corrected chi connectivity index (χ1v) is 8.22. The Hall–Kier alpha value is -3.39. The predicted octanol–water partition coefficient (Wildman–Crippen LogP) is 2.80. The highest BCUT2D eigenvalue weighted by Gasteiger charge is 2.29. The fourth-order valence-corrected chi connectivity index (χ4v) is 2.92. The molecule has 0 aliphatic carbocycles. The minimum absolute atomic E-state index is 0.0939. The van der Waals surface area contributed by atoms with E-state index in [1.54, 1.807) is 31.2 Å². The summed E-state index contributed by atoms with van der Waals surface area (Å²) in [6.45, 7) is 3.13. The van der Waals surface area contributed by atoms with Gasteiger partial charge in [-0.25, -0.2) is 0 Å². The molecule has 1 aromatic rings. The van der Waals surface area contributed by atoms with Gasteiger partial charge in [-0.1, -0.05) is 6.07 Å². The Morgan fingerprint density at radius 1 is 1.38 bits per heavy atom. The molecule has 1 aliphatic heterocycles. The summed E-state index contributed by atoms with van der Waals surface area (Å²) < 4.78 is 5.03. The predicted molar refractivity (Wildman–Crippen MR) is 93.9 cm³/mol. The number of nitriles is 2. The first kappa shape index (κ1) is 18.9. The summed E-state index contributed by atoms with van der Waals surface area (Å²) in [7, 11) is 0. The van der Waals surface area contributed by atoms with Gasteiger partial charge in [0.15, 0.2) is 0 Å². The maximum atomic E-state index is 11.8. The number of piperidine rings is 1. The van der Waals surface area contributed by atoms with Gasteiger partial charge in [0.1, 0.15) is 23.4 Å². The highest BCUT2D eigenvalue weighted by molar-refractivity contribution is 5.74. The molecule has 0 spiro atoms. The van der Waals surface area contributed by atoms with Crippen molar-refractivity contribution in [3.8, 4) is 12.1 Å². The summed E-state index contributed by atoms with van der Waals surface area (Å²) in [5, 5.41) is 29.1. The number of ether oxygens (including phenoxy) is 1. The number of carbonyl (C=O) groups excluding carboxylic acids is 1. The van der Waals surface area contributed by atoms with Gasteiger partial charge in [0.25, 0.3) is 5.69 Å². The van der Waals surface area contributed by atoms with Crippen LogP contribution in [0.15, 0.2) is 23.8 Å². The summed E-state index contributed by atoms with van der Waals surface area (Å²) in [4.78, 5) is 24.7. The number of allylic oxidation sites excluding steroid dienone is 1. The maximum Gasteiger partial charge on any atom is 0.309 e. The van der Waals surface area contributed by atoms with Crippen molar-refractivity contribution in [2.24, 2.45) is 5.92 Å². The summed E-state index contributed by atoms with van der Waals surface area (Å²) in [6.07, 6.45) is 2.46. The molecule has 0 radical (unpaired) electrons. The second kappa shape index (κ2) is 8.63. The Morgan fingerprint density at radius 2 is 2.04 bits per heavy atom. The zero-order valence-corrected chi connectivity index (χ0v) is 14.3. The van der Waals surface area contributed by atoms with Gasteiger partial charge < -0.3 is 9.64 Å². The first-order valence-electron chi connectivity index (χ1n) is 8.22. The van der Waals surface area contributed by atoms with E-state index in [0.29, 0.717) is 43.8 Å². The fraction of sp³-hybridized carbons (Fsp3) is 0.389. The lowest BCUT2D eigenvalue weighted by molar-refractivity contribution is -0.384. The molecule has 26 heavy (non-hydrogen) atoms. The molecule has 8 heteroatoms. The lowest BCUT2D eigenvalue weighted by atomic mass is 9.96. The van der Waals surface area contributed by atoms with E-state index in [0.717, 1.165) is 0 Å². The average Bonchev–Trinajstić information content (AvgIpc) is 2.66. The highest BCUT2D eigenvalue weighted by Crippen LogP contribution is 2.33. The molecule has 1 aromatic carbocycles. The van der Waals surface area contributed by atoms with Crippen molar-refractivity contribution in [1.29, 1.82) is 10.5 Å². The third-order valence-electron chi connectivity index (χ3n) is 4.20. The van der Waals surface area contributed by atoms with Crippen LogP contribution in [-0.4, -0.2) is 30.6 Å². The second-order valence-corrected chi connectivity index (χ2v) is 5.80. The van der Waals surface area contributed by atoms with Crippen LogP contribution < -0.4 is 4.90 Å². The SMILES string of the molecule is CCOC(=O)C1CCN(c2ccc(C=C(C#N)C#N)cc2[N+](=O)[O-])CC1. The first-order chi connectivity index (χ1) is 12.5. The number of nitro benzene ring substituents is 1. The van der Waals surface area contributed by atoms with Crippen LogP contribution in [-0.2, 0) is 9.53 Å². The number of anilines is 1. The summed E-state index contributed by atoms with van der Waals surface area (Å²) in [5.74, 6) is -0.399. The average molecular weight is 354 g/mol. The third kappa shape index (κ3) is 4.37. The van der Waals surface area contributed by atoms with E-state index >= 15 is 0 Å². The minimum atomic E-state index is -0.484. The van der Waals surface area contributed by atoms with Crippen LogP contribution in [0.5, 0.6) is 0 Å². The summed E-state index contributed by atoms with van der Waals surface area (Å²) >= 11 is 0. The Balaban J connectivity index is 2.22. The molecule has 1 aliphatic rings. The zero-order valence-electron chi connectivity index (χ0n) is 14.3. The molecular formula is C18H18N4O4. The summed E-state index contributed by atoms with van der Waals surface area (Å²) in [5.41, 5.74) is 0.663. The van der Waals surface area contributed by atoms with Crippen molar-refractivity contribution < 1.29 is 14.5 Å². The molecule has 134 valence electrons. The number of hydrogen-bond acceptors (Lipinski definition) is 7. The lowest BCUT2D eigenvalue weighted by Crippen LogP contribution is -2.37. The number of nitrogens with zero attached hydrogens (tertiary/aromatic N) is 4. The van der Waals surface area contributed by atoms with E-state index in [1.807, 2.05) is 4.90 Å². The van der Waals surface area contributed by atoms with Gasteiger partial charge in [0.2, 0.25) is 0 Å². The molecule has 1 saturated heterocycles. The van der Waals surface area contributed by atoms with Gasteiger partial charge in [0, 0.05) is 19.2 Å². The molecule has 8 nitrogen and oxygen atoms in total. The van der Waals surface area contributed by atoms with Crippen LogP contribution in [0, 0.1) is 38.7 Å². The molecule has 0 unspecified atom stereocenters. The van der Waals surface area contributed by atoms with Gasteiger partial charge >= 0.3 is 5.97 Å². The molecule has 1 heterocycles. The van der Waals surface area contributed by atoms with Crippen molar-refractivity contribution in [2.45, 2.75) is 19.8 Å². The smallest absolute Gasteiger partial charge is 0.309 e. The molecule has 0 atom stereocenters. The van der Waals surface area contributed by atoms with E-state index in [-0.39, 0.29) is 23.1 Å². The second-order valence-electron chi connectivity index (χ2n) is 5.80. The van der Waals surface area contributed by atoms with E-state index in [4.69, 9.17) is 15.3 Å². The molecule has 0 saturated carbocycles. The molecule has 2 rings (SSSR count). The third-order valence-corrected chi connectivity index (χ3v) is 4.20. The standard InChI is InChI=1S/C18H18N4O4/c1-2-26-18(23)15-5-7-21(8-6-15)16-4-3-13(9-14(11-19)12-20)10-17(16)22(24)25/h3-4,9-10,15H,2,5-8H2,1H3. The Kier molecular flexibility index (Phi) is 6.29. The summed E-state index contributed by atoms with van der Waals surface area (Å²) in [6, 6.07) is 8.05. The number of hydrogen-bond donors (Lipinski definition) is 0. The van der Waals surface area contributed by atoms with Gasteiger partial charge in [0.05, 0.1) is 17.4 Å². The van der Waals surface area contributed by atoms with Crippen LogP contribution >= 0.6 is 0 Å². The lowest BCUT2D eigenvalue weighted by Gasteiger charge is -2.32. The van der Waals surface area contributed by atoms with E-state index in [1.165, 1.54) is 12.1 Å². The van der Waals surface area contributed by atoms with Crippen molar-refractivity contribution in [3.05, 3.63) is 39.4 Å². The number of rotatable bonds is 5. The number of esters is 1. The molecule has 1 fully saturated rings. The minimum Gasteiger partial charge on any atom is -0.466 e. The zero-order chi connectivity index (χ0) is 19.1. The van der Waals surface area contributed by atoms with E-state index in [9.17, 15) is 14.9 Å². The van der Waals surface area contributed by atoms with Crippen molar-refractivity contribution in [2.75, 3.05) is 24.6 Å². The van der Waals surface area contributed by atoms with Crippen molar-refractivity contribution >= 4 is 23.4 Å². The van der Waals surface area contributed by atoms with Gasteiger partial charge in [-0.05, 0) is 37.5 Å². The van der Waals surface area contributed by atoms with Crippen molar-refractivity contribution in [1.82, 2.24) is 0 Å². The monoisotopic (exact) mass is 354 g/mol. The van der Waals surface area contributed by atoms with Gasteiger partial charge in [-0.2, -0.15) is 10.5 Å². The Morgan fingerprint density at radius 3 is 2.58 bits per heavy atom. The fourth-order valence-electron chi connectivity index (χ4n) is 2.92. The van der Waals surface area contributed by atoms with E-state index in [2.05, 4.69) is 0 Å². The van der Waals surface area contributed by atoms with Gasteiger partial charge in [-0.15, -0.1) is 0 Å². The van der Waals surface area contributed by atoms with Crippen molar-refractivity contribution in [3.63, 3.8) is 0 Å². The Labute approximate surface area is 151 Å². The van der Waals surface area contributed by atoms with Gasteiger partial charge in [-0.3, -0.25) is 14.9 Å². The highest BCUT2D eigenvalue weighted by atomic mass is 16.6.